The van der Waals surface area contributed by atoms with Crippen LogP contribution in [-0.2, 0) is 4.79 Å². The van der Waals surface area contributed by atoms with E-state index in [1.165, 1.54) is 0 Å². The Bertz CT molecular complexity index is 347. The number of nitrogens with one attached hydrogen (secondary N) is 2. The molecule has 1 unspecified atom stereocenters. The molecule has 1 aromatic heterocycles. The molecule has 0 aromatic carbocycles. The lowest BCUT2D eigenvalue weighted by molar-refractivity contribution is -0.120. The first-order valence-electron chi connectivity index (χ1n) is 5.44. The monoisotopic (exact) mass is 225 g/mol. The van der Waals surface area contributed by atoms with E-state index in [1.807, 2.05) is 27.7 Å². The number of oxazole rings is 1. The Morgan fingerprint density at radius 2 is 2.19 bits per heavy atom. The Labute approximate surface area is 95.6 Å². The molecule has 5 nitrogen and oxygen atoms in total. The van der Waals surface area contributed by atoms with Crippen LogP contribution in [0.25, 0.3) is 0 Å². The summed E-state index contributed by atoms with van der Waals surface area (Å²) in [5.41, 5.74) is 0. The number of carbonyl (C=O) groups is 1. The van der Waals surface area contributed by atoms with Gasteiger partial charge in [-0.2, -0.15) is 0 Å². The summed E-state index contributed by atoms with van der Waals surface area (Å²) in [6.07, 6.45) is 1.67. The largest absolute Gasteiger partial charge is 0.444 e. The van der Waals surface area contributed by atoms with Gasteiger partial charge in [-0.3, -0.25) is 10.1 Å². The van der Waals surface area contributed by atoms with Crippen molar-refractivity contribution in [2.45, 2.75) is 39.8 Å². The summed E-state index contributed by atoms with van der Waals surface area (Å²) < 4.78 is 5.35. The molecule has 0 saturated heterocycles. The number of hydrogen-bond acceptors (Lipinski definition) is 4. The molecule has 0 aliphatic carbocycles. The molecule has 1 atom stereocenters. The highest BCUT2D eigenvalue weighted by molar-refractivity contribution is 5.78. The van der Waals surface area contributed by atoms with Crippen molar-refractivity contribution in [1.29, 1.82) is 0 Å². The normalized spacial score (nSPS) is 12.8. The lowest BCUT2D eigenvalue weighted by Crippen LogP contribution is -2.38. The average Bonchev–Trinajstić information content (AvgIpc) is 2.60. The van der Waals surface area contributed by atoms with Crippen LogP contribution < -0.4 is 10.6 Å². The highest BCUT2D eigenvalue weighted by Gasteiger charge is 2.12. The lowest BCUT2D eigenvalue weighted by atomic mass is 10.3. The van der Waals surface area contributed by atoms with Crippen molar-refractivity contribution < 1.29 is 9.21 Å². The Morgan fingerprint density at radius 3 is 2.69 bits per heavy atom. The molecule has 0 saturated carbocycles. The number of carbonyl (C=O) groups excluding carboxylic acids is 1. The molecule has 1 heterocycles. The fourth-order valence-electron chi connectivity index (χ4n) is 1.28. The van der Waals surface area contributed by atoms with E-state index in [0.29, 0.717) is 5.89 Å². The molecule has 1 amide bonds. The molecule has 0 aliphatic rings. The van der Waals surface area contributed by atoms with Crippen LogP contribution >= 0.6 is 0 Å². The molecule has 0 aliphatic heterocycles. The van der Waals surface area contributed by atoms with Crippen LogP contribution in [0.1, 0.15) is 38.5 Å². The van der Waals surface area contributed by atoms with Crippen LogP contribution in [-0.4, -0.2) is 23.5 Å². The van der Waals surface area contributed by atoms with Gasteiger partial charge in [0.2, 0.25) is 11.8 Å². The summed E-state index contributed by atoms with van der Waals surface area (Å²) in [6, 6.07) is 0.0974. The number of aryl methyl sites for hydroxylation is 1. The van der Waals surface area contributed by atoms with Crippen LogP contribution in [0.15, 0.2) is 10.6 Å². The molecule has 90 valence electrons. The van der Waals surface area contributed by atoms with E-state index in [0.717, 1.165) is 5.76 Å². The van der Waals surface area contributed by atoms with Gasteiger partial charge in [0.1, 0.15) is 5.76 Å². The summed E-state index contributed by atoms with van der Waals surface area (Å²) in [4.78, 5) is 15.5. The topological polar surface area (TPSA) is 67.2 Å². The number of hydrogen-bond donors (Lipinski definition) is 2. The maximum atomic E-state index is 11.4. The molecule has 0 radical (unpaired) electrons. The van der Waals surface area contributed by atoms with Crippen molar-refractivity contribution in [3.8, 4) is 0 Å². The Balaban J connectivity index is 2.35. The summed E-state index contributed by atoms with van der Waals surface area (Å²) in [5.74, 6) is 1.36. The predicted octanol–water partition coefficient (Wildman–Crippen LogP) is 1.16. The Hall–Kier alpha value is -1.36. The summed E-state index contributed by atoms with van der Waals surface area (Å²) in [6.45, 7) is 7.88. The van der Waals surface area contributed by atoms with Gasteiger partial charge >= 0.3 is 0 Å². The first-order chi connectivity index (χ1) is 7.49. The smallest absolute Gasteiger partial charge is 0.234 e. The second kappa shape index (κ2) is 5.65. The molecule has 5 heteroatoms. The summed E-state index contributed by atoms with van der Waals surface area (Å²) >= 11 is 0. The standard InChI is InChI=1S/C11H19N3O2/c1-7(2)14-10(15)6-12-9(4)11-13-5-8(3)16-11/h5,7,9,12H,6H2,1-4H3,(H,14,15). The van der Waals surface area contributed by atoms with E-state index >= 15 is 0 Å². The van der Waals surface area contributed by atoms with Gasteiger partial charge in [-0.05, 0) is 27.7 Å². The van der Waals surface area contributed by atoms with Crippen molar-refractivity contribution in [2.75, 3.05) is 6.54 Å². The molecular weight excluding hydrogens is 206 g/mol. The molecule has 0 spiro atoms. The third-order valence-corrected chi connectivity index (χ3v) is 2.03. The number of rotatable bonds is 5. The van der Waals surface area contributed by atoms with E-state index in [9.17, 15) is 4.79 Å². The first kappa shape index (κ1) is 12.7. The molecule has 1 aromatic rings. The van der Waals surface area contributed by atoms with Gasteiger partial charge in [0, 0.05) is 6.04 Å². The number of nitrogens with zero attached hydrogens (tertiary/aromatic N) is 1. The van der Waals surface area contributed by atoms with Gasteiger partial charge in [-0.1, -0.05) is 0 Å². The van der Waals surface area contributed by atoms with Crippen molar-refractivity contribution in [3.05, 3.63) is 17.8 Å². The van der Waals surface area contributed by atoms with Crippen molar-refractivity contribution in [2.24, 2.45) is 0 Å². The van der Waals surface area contributed by atoms with Gasteiger partial charge in [0.25, 0.3) is 0 Å². The third kappa shape index (κ3) is 4.02. The Morgan fingerprint density at radius 1 is 1.50 bits per heavy atom. The van der Waals surface area contributed by atoms with Crippen molar-refractivity contribution >= 4 is 5.91 Å². The highest BCUT2D eigenvalue weighted by Crippen LogP contribution is 2.11. The van der Waals surface area contributed by atoms with Gasteiger partial charge in [-0.15, -0.1) is 0 Å². The fourth-order valence-corrected chi connectivity index (χ4v) is 1.28. The van der Waals surface area contributed by atoms with Crippen LogP contribution in [0, 0.1) is 6.92 Å². The molecule has 1 rings (SSSR count). The number of aromatic nitrogens is 1. The minimum Gasteiger partial charge on any atom is -0.444 e. The molecule has 0 fully saturated rings. The van der Waals surface area contributed by atoms with Crippen LogP contribution in [0.4, 0.5) is 0 Å². The van der Waals surface area contributed by atoms with E-state index in [-0.39, 0.29) is 24.5 Å². The second-order valence-electron chi connectivity index (χ2n) is 4.13. The zero-order valence-electron chi connectivity index (χ0n) is 10.2. The maximum Gasteiger partial charge on any atom is 0.234 e. The van der Waals surface area contributed by atoms with E-state index < -0.39 is 0 Å². The fraction of sp³-hybridized carbons (Fsp3) is 0.636. The zero-order chi connectivity index (χ0) is 12.1. The zero-order valence-corrected chi connectivity index (χ0v) is 10.2. The third-order valence-electron chi connectivity index (χ3n) is 2.03. The highest BCUT2D eigenvalue weighted by atomic mass is 16.4. The summed E-state index contributed by atoms with van der Waals surface area (Å²) in [7, 11) is 0. The van der Waals surface area contributed by atoms with E-state index in [1.54, 1.807) is 6.20 Å². The van der Waals surface area contributed by atoms with Gasteiger partial charge < -0.3 is 9.73 Å². The molecule has 0 bridgehead atoms. The van der Waals surface area contributed by atoms with Crippen molar-refractivity contribution in [1.82, 2.24) is 15.6 Å². The van der Waals surface area contributed by atoms with E-state index in [4.69, 9.17) is 4.42 Å². The van der Waals surface area contributed by atoms with Crippen LogP contribution in [0.5, 0.6) is 0 Å². The predicted molar refractivity (Wildman–Crippen MR) is 60.9 cm³/mol. The average molecular weight is 225 g/mol. The quantitative estimate of drug-likeness (QED) is 0.789. The lowest BCUT2D eigenvalue weighted by Gasteiger charge is -2.12. The minimum atomic E-state index is -0.0633. The number of amides is 1. The first-order valence-corrected chi connectivity index (χ1v) is 5.44. The van der Waals surface area contributed by atoms with Crippen molar-refractivity contribution in [3.63, 3.8) is 0 Å². The van der Waals surface area contributed by atoms with Crippen LogP contribution in [0.3, 0.4) is 0 Å². The SMILES string of the molecule is Cc1cnc(C(C)NCC(=O)NC(C)C)o1. The summed E-state index contributed by atoms with van der Waals surface area (Å²) in [5, 5.41) is 5.85. The molecule has 2 N–H and O–H groups in total. The Kier molecular flexibility index (Phi) is 4.49. The minimum absolute atomic E-state index is 0.0230. The van der Waals surface area contributed by atoms with Gasteiger partial charge in [0.05, 0.1) is 18.8 Å². The maximum absolute atomic E-state index is 11.4. The molecule has 16 heavy (non-hydrogen) atoms. The van der Waals surface area contributed by atoms with Gasteiger partial charge in [0.15, 0.2) is 0 Å². The van der Waals surface area contributed by atoms with E-state index in [2.05, 4.69) is 15.6 Å². The van der Waals surface area contributed by atoms with Gasteiger partial charge in [-0.25, -0.2) is 4.98 Å². The molecular formula is C11H19N3O2. The second-order valence-corrected chi connectivity index (χ2v) is 4.13. The van der Waals surface area contributed by atoms with Crippen LogP contribution in [0.2, 0.25) is 0 Å².